The Morgan fingerprint density at radius 2 is 1.37 bits per heavy atom. The van der Waals surface area contributed by atoms with E-state index in [1.807, 2.05) is 121 Å². The fourth-order valence-corrected chi connectivity index (χ4v) is 6.74. The number of nitrogens with two attached hydrogens (primary N) is 1. The summed E-state index contributed by atoms with van der Waals surface area (Å²) in [7, 11) is 0. The molecule has 0 saturated carbocycles. The number of carboxylic acid groups (broad SMARTS) is 1. The highest BCUT2D eigenvalue weighted by Gasteiger charge is 2.40. The van der Waals surface area contributed by atoms with Gasteiger partial charge in [-0.25, -0.2) is 9.97 Å². The van der Waals surface area contributed by atoms with Gasteiger partial charge in [0.2, 0.25) is 11.8 Å². The summed E-state index contributed by atoms with van der Waals surface area (Å²) < 4.78 is 50.5. The predicted octanol–water partition coefficient (Wildman–Crippen LogP) is 8.62. The molecule has 60 heavy (non-hydrogen) atoms. The number of alkyl halides is 3. The van der Waals surface area contributed by atoms with Crippen LogP contribution in [0.2, 0.25) is 0 Å². The summed E-state index contributed by atoms with van der Waals surface area (Å²) in [5.74, 6) is -0.848. The van der Waals surface area contributed by atoms with Gasteiger partial charge >= 0.3 is 12.1 Å². The lowest BCUT2D eigenvalue weighted by molar-refractivity contribution is -0.142. The first-order valence-corrected chi connectivity index (χ1v) is 18.8. The summed E-state index contributed by atoms with van der Waals surface area (Å²) in [4.78, 5) is 25.4. The number of amidine groups is 1. The number of oxime groups is 1. The van der Waals surface area contributed by atoms with Crippen LogP contribution >= 0.6 is 0 Å². The minimum Gasteiger partial charge on any atom is -0.484 e. The van der Waals surface area contributed by atoms with E-state index in [9.17, 15) is 23.1 Å². The van der Waals surface area contributed by atoms with Gasteiger partial charge in [0.15, 0.2) is 12.4 Å². The largest absolute Gasteiger partial charge is 0.484 e. The average Bonchev–Trinajstić information content (AvgIpc) is 3.95. The van der Waals surface area contributed by atoms with Crippen LogP contribution in [-0.4, -0.2) is 55.3 Å². The van der Waals surface area contributed by atoms with E-state index < -0.39 is 23.8 Å². The van der Waals surface area contributed by atoms with Crippen LogP contribution in [0.1, 0.15) is 22.7 Å². The van der Waals surface area contributed by atoms with Gasteiger partial charge in [-0.05, 0) is 58.4 Å². The SMILES string of the molecule is N/C(=N\O)c1ccc(-c2ccccc2)cc1.O=C(O)[C@H]1CN(c2nccc(C(F)(F)F)n2)C[C@H]1Cc1ccc(OCc2nc(-c3ccc(-c4ccccc4)cc3)no2)cc1. The molecule has 1 aliphatic heterocycles. The minimum absolute atomic E-state index is 0.0197. The Labute approximate surface area is 342 Å². The molecule has 4 N–H and O–H groups in total. The number of halogens is 3. The summed E-state index contributed by atoms with van der Waals surface area (Å²) in [6.45, 7) is 0.293. The van der Waals surface area contributed by atoms with E-state index in [-0.39, 0.29) is 37.4 Å². The molecule has 12 nitrogen and oxygen atoms in total. The standard InChI is InChI=1S/C32H26F3N5O4.C13H12N2O/c33-32(34,35)27-14-15-36-31(37-27)40-17-24(26(18-40)30(41)42)16-20-6-12-25(13-7-20)43-19-28-38-29(39-44-28)23-10-8-22(9-11-23)21-4-2-1-3-5-21;14-13(15-16)12-8-6-11(7-9-12)10-4-2-1-3-5-10/h1-15,24,26H,16-19H2,(H,41,42);1-9,16H,(H2,14,15)/t24-,26+;/m1./s1. The maximum Gasteiger partial charge on any atom is 0.433 e. The highest BCUT2D eigenvalue weighted by Crippen LogP contribution is 2.33. The molecule has 1 aliphatic rings. The van der Waals surface area contributed by atoms with Gasteiger partial charge in [-0.2, -0.15) is 18.2 Å². The van der Waals surface area contributed by atoms with Gasteiger partial charge < -0.3 is 30.2 Å². The number of aliphatic carboxylic acids is 1. The lowest BCUT2D eigenvalue weighted by Gasteiger charge is -2.17. The van der Waals surface area contributed by atoms with E-state index >= 15 is 0 Å². The Morgan fingerprint density at radius 3 is 1.95 bits per heavy atom. The van der Waals surface area contributed by atoms with Gasteiger partial charge in [0.05, 0.1) is 5.92 Å². The topological polar surface area (TPSA) is 173 Å². The molecule has 7 aromatic rings. The maximum atomic E-state index is 13.1. The predicted molar refractivity (Wildman–Crippen MR) is 218 cm³/mol. The number of carbonyl (C=O) groups is 1. The summed E-state index contributed by atoms with van der Waals surface area (Å²) in [6.07, 6.45) is -3.18. The van der Waals surface area contributed by atoms with Crippen molar-refractivity contribution >= 4 is 17.8 Å². The smallest absolute Gasteiger partial charge is 0.433 e. The van der Waals surface area contributed by atoms with Gasteiger partial charge in [0.25, 0.3) is 5.89 Å². The minimum atomic E-state index is -4.62. The number of benzene rings is 5. The summed E-state index contributed by atoms with van der Waals surface area (Å²) in [5, 5.41) is 25.3. The van der Waals surface area contributed by atoms with Crippen LogP contribution in [0.4, 0.5) is 19.1 Å². The molecule has 2 aromatic heterocycles. The molecule has 0 bridgehead atoms. The Hall–Kier alpha value is -7.55. The highest BCUT2D eigenvalue weighted by atomic mass is 19.4. The fraction of sp³-hybridized carbons (Fsp3) is 0.156. The number of hydrogen-bond acceptors (Lipinski definition) is 10. The van der Waals surface area contributed by atoms with E-state index in [1.165, 1.54) is 4.90 Å². The van der Waals surface area contributed by atoms with Crippen molar-refractivity contribution in [1.82, 2.24) is 20.1 Å². The van der Waals surface area contributed by atoms with Crippen molar-refractivity contribution in [3.05, 3.63) is 168 Å². The molecule has 8 rings (SSSR count). The van der Waals surface area contributed by atoms with Crippen LogP contribution in [0, 0.1) is 11.8 Å². The van der Waals surface area contributed by atoms with Crippen LogP contribution in [0.25, 0.3) is 33.6 Å². The first kappa shape index (κ1) is 40.6. The van der Waals surface area contributed by atoms with Crippen molar-refractivity contribution in [2.75, 3.05) is 18.0 Å². The van der Waals surface area contributed by atoms with Crippen molar-refractivity contribution < 1.29 is 37.5 Å². The normalized spacial score (nSPS) is 15.2. The first-order chi connectivity index (χ1) is 29.0. The second kappa shape index (κ2) is 18.4. The molecule has 0 unspecified atom stereocenters. The van der Waals surface area contributed by atoms with Crippen molar-refractivity contribution in [3.63, 3.8) is 0 Å². The van der Waals surface area contributed by atoms with Crippen molar-refractivity contribution in [3.8, 4) is 39.4 Å². The zero-order chi connectivity index (χ0) is 42.1. The van der Waals surface area contributed by atoms with Crippen molar-refractivity contribution in [2.24, 2.45) is 22.7 Å². The number of anilines is 1. The second-order valence-corrected chi connectivity index (χ2v) is 13.9. The molecule has 1 saturated heterocycles. The molecule has 304 valence electrons. The Balaban J connectivity index is 0.000000285. The molecule has 0 aliphatic carbocycles. The van der Waals surface area contributed by atoms with E-state index in [1.54, 1.807) is 12.1 Å². The number of nitrogens with zero attached hydrogens (tertiary/aromatic N) is 6. The molecule has 0 radical (unpaired) electrons. The molecule has 0 amide bonds. The van der Waals surface area contributed by atoms with Crippen LogP contribution < -0.4 is 15.4 Å². The zero-order valence-electron chi connectivity index (χ0n) is 31.9. The van der Waals surface area contributed by atoms with Gasteiger partial charge in [-0.3, -0.25) is 4.79 Å². The molecule has 0 spiro atoms. The number of hydrogen-bond donors (Lipinski definition) is 3. The van der Waals surface area contributed by atoms with Gasteiger partial charge in [-0.15, -0.1) is 0 Å². The summed E-state index contributed by atoms with van der Waals surface area (Å²) in [6, 6.07) is 43.5. The third kappa shape index (κ3) is 10.1. The molecule has 1 fully saturated rings. The van der Waals surface area contributed by atoms with Gasteiger partial charge in [0, 0.05) is 30.4 Å². The number of aromatic nitrogens is 4. The first-order valence-electron chi connectivity index (χ1n) is 18.8. The highest BCUT2D eigenvalue weighted by molar-refractivity contribution is 5.97. The quantitative estimate of drug-likeness (QED) is 0.0494. The maximum absolute atomic E-state index is 13.1. The Bertz CT molecular complexity index is 2520. The van der Waals surface area contributed by atoms with E-state index in [2.05, 4.69) is 25.3 Å². The number of rotatable bonds is 11. The Kier molecular flexibility index (Phi) is 12.4. The molecular formula is C45H38F3N7O5. The van der Waals surface area contributed by atoms with Crippen molar-refractivity contribution in [2.45, 2.75) is 19.2 Å². The van der Waals surface area contributed by atoms with Crippen molar-refractivity contribution in [1.29, 1.82) is 0 Å². The summed E-state index contributed by atoms with van der Waals surface area (Å²) >= 11 is 0. The van der Waals surface area contributed by atoms with Crippen LogP contribution in [0.5, 0.6) is 5.75 Å². The average molecular weight is 814 g/mol. The van der Waals surface area contributed by atoms with Crippen LogP contribution in [-0.2, 0) is 24.0 Å². The van der Waals surface area contributed by atoms with Gasteiger partial charge in [0.1, 0.15) is 11.4 Å². The molecular weight excluding hydrogens is 776 g/mol. The number of carboxylic acids is 1. The fourth-order valence-electron chi connectivity index (χ4n) is 6.74. The molecule has 2 atom stereocenters. The monoisotopic (exact) mass is 813 g/mol. The van der Waals surface area contributed by atoms with Gasteiger partial charge in [-0.1, -0.05) is 132 Å². The van der Waals surface area contributed by atoms with Crippen LogP contribution in [0.3, 0.4) is 0 Å². The second-order valence-electron chi connectivity index (χ2n) is 13.9. The Morgan fingerprint density at radius 1 is 0.783 bits per heavy atom. The molecule has 3 heterocycles. The lowest BCUT2D eigenvalue weighted by atomic mass is 9.90. The number of ether oxygens (including phenoxy) is 1. The molecule has 5 aromatic carbocycles. The van der Waals surface area contributed by atoms with Crippen LogP contribution in [0.15, 0.2) is 155 Å². The van der Waals surface area contributed by atoms with E-state index in [4.69, 9.17) is 20.2 Å². The zero-order valence-corrected chi connectivity index (χ0v) is 31.9. The summed E-state index contributed by atoms with van der Waals surface area (Å²) in [5.41, 5.74) is 11.3. The van der Waals surface area contributed by atoms with E-state index in [0.717, 1.165) is 45.6 Å². The third-order valence-corrected chi connectivity index (χ3v) is 9.87. The van der Waals surface area contributed by atoms with E-state index in [0.29, 0.717) is 29.4 Å². The third-order valence-electron chi connectivity index (χ3n) is 9.87. The molecule has 15 heteroatoms. The lowest BCUT2D eigenvalue weighted by Crippen LogP contribution is -2.25.